The number of benzene rings is 1. The first kappa shape index (κ1) is 15.6. The Morgan fingerprint density at radius 2 is 2.25 bits per heavy atom. The van der Waals surface area contributed by atoms with Gasteiger partial charge in [-0.05, 0) is 37.1 Å². The van der Waals surface area contributed by atoms with Gasteiger partial charge in [0, 0.05) is 29.8 Å². The molecule has 1 unspecified atom stereocenters. The number of ether oxygens (including phenoxy) is 1. The maximum atomic E-state index is 6.41. The molecule has 112 valence electrons. The Morgan fingerprint density at radius 1 is 1.45 bits per heavy atom. The largest absolute Gasteiger partial charge is 0.377 e. The van der Waals surface area contributed by atoms with Crippen LogP contribution < -0.4 is 10.2 Å². The lowest BCUT2D eigenvalue weighted by molar-refractivity contribution is 0.0989. The molecule has 0 aliphatic carbocycles. The van der Waals surface area contributed by atoms with Crippen LogP contribution in [0.25, 0.3) is 0 Å². The highest BCUT2D eigenvalue weighted by Crippen LogP contribution is 2.26. The average molecular weight is 297 g/mol. The molecule has 1 atom stereocenters. The van der Waals surface area contributed by atoms with Gasteiger partial charge in [-0.15, -0.1) is 0 Å². The molecular weight excluding hydrogens is 272 g/mol. The predicted octanol–water partition coefficient (Wildman–Crippen LogP) is 3.31. The van der Waals surface area contributed by atoms with E-state index in [1.807, 2.05) is 0 Å². The minimum atomic E-state index is 0.407. The van der Waals surface area contributed by atoms with E-state index in [1.165, 1.54) is 5.69 Å². The summed E-state index contributed by atoms with van der Waals surface area (Å²) in [7, 11) is 0. The molecule has 1 aliphatic rings. The second kappa shape index (κ2) is 7.30. The maximum absolute atomic E-state index is 6.41. The minimum Gasteiger partial charge on any atom is -0.377 e. The van der Waals surface area contributed by atoms with Gasteiger partial charge < -0.3 is 15.0 Å². The lowest BCUT2D eigenvalue weighted by Crippen LogP contribution is -2.43. The molecule has 3 nitrogen and oxygen atoms in total. The van der Waals surface area contributed by atoms with Gasteiger partial charge in [0.1, 0.15) is 0 Å². The Labute approximate surface area is 127 Å². The molecule has 0 amide bonds. The fraction of sp³-hybridized carbons (Fsp3) is 0.625. The molecule has 1 saturated heterocycles. The molecule has 0 bridgehead atoms. The smallest absolute Gasteiger partial charge is 0.0668 e. The van der Waals surface area contributed by atoms with Gasteiger partial charge in [-0.2, -0.15) is 0 Å². The molecule has 1 aromatic carbocycles. The first-order valence-corrected chi connectivity index (χ1v) is 7.79. The Bertz CT molecular complexity index is 436. The number of nitrogens with one attached hydrogen (secondary N) is 1. The molecule has 1 fully saturated rings. The summed E-state index contributed by atoms with van der Waals surface area (Å²) in [6.45, 7) is 11.0. The quantitative estimate of drug-likeness (QED) is 0.902. The zero-order valence-corrected chi connectivity index (χ0v) is 13.4. The average Bonchev–Trinajstić information content (AvgIpc) is 2.41. The normalized spacial score (nSPS) is 19.6. The van der Waals surface area contributed by atoms with Crippen LogP contribution in [0.3, 0.4) is 0 Å². The molecule has 0 radical (unpaired) electrons. The third kappa shape index (κ3) is 4.11. The van der Waals surface area contributed by atoms with Crippen molar-refractivity contribution in [3.8, 4) is 0 Å². The molecule has 0 saturated carbocycles. The fourth-order valence-corrected chi connectivity index (χ4v) is 2.71. The molecule has 0 spiro atoms. The van der Waals surface area contributed by atoms with Crippen LogP contribution in [0.4, 0.5) is 5.69 Å². The molecule has 2 rings (SSSR count). The van der Waals surface area contributed by atoms with Crippen LogP contribution in [-0.4, -0.2) is 32.3 Å². The maximum Gasteiger partial charge on any atom is 0.0668 e. The summed E-state index contributed by atoms with van der Waals surface area (Å²) in [5.74, 6) is 0.655. The topological polar surface area (TPSA) is 24.5 Å². The molecule has 1 aliphatic heterocycles. The van der Waals surface area contributed by atoms with E-state index >= 15 is 0 Å². The second-order valence-corrected chi connectivity index (χ2v) is 6.32. The molecule has 20 heavy (non-hydrogen) atoms. The fourth-order valence-electron chi connectivity index (χ4n) is 2.46. The van der Waals surface area contributed by atoms with Crippen molar-refractivity contribution < 1.29 is 4.74 Å². The van der Waals surface area contributed by atoms with Gasteiger partial charge in [0.25, 0.3) is 0 Å². The van der Waals surface area contributed by atoms with Crippen molar-refractivity contribution in [2.75, 3.05) is 31.2 Å². The van der Waals surface area contributed by atoms with Crippen molar-refractivity contribution in [2.45, 2.75) is 33.4 Å². The second-order valence-electron chi connectivity index (χ2n) is 5.92. The molecule has 0 aromatic heterocycles. The highest BCUT2D eigenvalue weighted by molar-refractivity contribution is 6.31. The third-order valence-corrected chi connectivity index (χ3v) is 3.96. The Morgan fingerprint density at radius 3 is 2.90 bits per heavy atom. The summed E-state index contributed by atoms with van der Waals surface area (Å²) in [5, 5.41) is 4.28. The van der Waals surface area contributed by atoms with E-state index in [0.717, 1.165) is 43.4 Å². The zero-order valence-electron chi connectivity index (χ0n) is 12.7. The molecular formula is C16H25ClN2O. The standard InChI is InChI=1S/C16H25ClN2O/c1-12(2)9-18-10-14-4-5-15(8-16(14)17)19-6-7-20-11-13(19)3/h4-5,8,12-13,18H,6-7,9-11H2,1-3H3. The van der Waals surface area contributed by atoms with Gasteiger partial charge >= 0.3 is 0 Å². The summed E-state index contributed by atoms with van der Waals surface area (Å²) >= 11 is 6.41. The van der Waals surface area contributed by atoms with E-state index in [9.17, 15) is 0 Å². The first-order chi connectivity index (χ1) is 9.58. The first-order valence-electron chi connectivity index (χ1n) is 7.41. The third-order valence-electron chi connectivity index (χ3n) is 3.60. The van der Waals surface area contributed by atoms with Gasteiger partial charge in [-0.3, -0.25) is 0 Å². The predicted molar refractivity (Wildman–Crippen MR) is 85.6 cm³/mol. The van der Waals surface area contributed by atoms with Crippen LogP contribution in [0.1, 0.15) is 26.3 Å². The van der Waals surface area contributed by atoms with Crippen molar-refractivity contribution in [1.29, 1.82) is 0 Å². The monoisotopic (exact) mass is 296 g/mol. The number of morpholine rings is 1. The van der Waals surface area contributed by atoms with E-state index in [2.05, 4.69) is 49.2 Å². The van der Waals surface area contributed by atoms with E-state index in [1.54, 1.807) is 0 Å². The van der Waals surface area contributed by atoms with Crippen LogP contribution in [0, 0.1) is 5.92 Å². The molecule has 1 N–H and O–H groups in total. The molecule has 1 heterocycles. The van der Waals surface area contributed by atoms with Crippen molar-refractivity contribution >= 4 is 17.3 Å². The number of hydrogen-bond acceptors (Lipinski definition) is 3. The summed E-state index contributed by atoms with van der Waals surface area (Å²) in [5.41, 5.74) is 2.36. The lowest BCUT2D eigenvalue weighted by atomic mass is 10.1. The minimum absolute atomic E-state index is 0.407. The Kier molecular flexibility index (Phi) is 5.70. The van der Waals surface area contributed by atoms with Crippen molar-refractivity contribution in [3.05, 3.63) is 28.8 Å². The van der Waals surface area contributed by atoms with Crippen LogP contribution in [0.15, 0.2) is 18.2 Å². The number of rotatable bonds is 5. The Balaban J connectivity index is 2.01. The summed E-state index contributed by atoms with van der Waals surface area (Å²) in [6.07, 6.45) is 0. The van der Waals surface area contributed by atoms with E-state index < -0.39 is 0 Å². The molecule has 4 heteroatoms. The molecule has 1 aromatic rings. The van der Waals surface area contributed by atoms with Crippen molar-refractivity contribution in [2.24, 2.45) is 5.92 Å². The van der Waals surface area contributed by atoms with Crippen molar-refractivity contribution in [1.82, 2.24) is 5.32 Å². The number of halogens is 1. The highest BCUT2D eigenvalue weighted by Gasteiger charge is 2.19. The number of hydrogen-bond donors (Lipinski definition) is 1. The summed E-state index contributed by atoms with van der Waals surface area (Å²) in [4.78, 5) is 2.36. The number of nitrogens with zero attached hydrogens (tertiary/aromatic N) is 1. The van der Waals surface area contributed by atoms with Gasteiger partial charge in [0.05, 0.1) is 13.2 Å². The SMILES string of the molecule is CC(C)CNCc1ccc(N2CCOCC2C)cc1Cl. The van der Waals surface area contributed by atoms with Gasteiger partial charge in [-0.25, -0.2) is 0 Å². The van der Waals surface area contributed by atoms with Crippen molar-refractivity contribution in [3.63, 3.8) is 0 Å². The van der Waals surface area contributed by atoms with E-state index in [4.69, 9.17) is 16.3 Å². The van der Waals surface area contributed by atoms with E-state index in [0.29, 0.717) is 12.0 Å². The summed E-state index contributed by atoms with van der Waals surface area (Å²) in [6, 6.07) is 6.79. The van der Waals surface area contributed by atoms with Crippen LogP contribution in [-0.2, 0) is 11.3 Å². The number of anilines is 1. The lowest BCUT2D eigenvalue weighted by Gasteiger charge is -2.35. The van der Waals surface area contributed by atoms with Gasteiger partial charge in [0.2, 0.25) is 0 Å². The highest BCUT2D eigenvalue weighted by atomic mass is 35.5. The Hall–Kier alpha value is -0.770. The van der Waals surface area contributed by atoms with Gasteiger partial charge in [0.15, 0.2) is 0 Å². The van der Waals surface area contributed by atoms with Crippen LogP contribution >= 0.6 is 11.6 Å². The van der Waals surface area contributed by atoms with Crippen LogP contribution in [0.2, 0.25) is 5.02 Å². The van der Waals surface area contributed by atoms with Crippen LogP contribution in [0.5, 0.6) is 0 Å². The van der Waals surface area contributed by atoms with Gasteiger partial charge in [-0.1, -0.05) is 31.5 Å². The zero-order chi connectivity index (χ0) is 14.5. The van der Waals surface area contributed by atoms with E-state index in [-0.39, 0.29) is 0 Å². The summed E-state index contributed by atoms with van der Waals surface area (Å²) < 4.78 is 5.48.